The van der Waals surface area contributed by atoms with E-state index in [0.717, 1.165) is 6.08 Å². The second-order valence-corrected chi connectivity index (χ2v) is 2.43. The molecule has 1 amide bonds. The van der Waals surface area contributed by atoms with Gasteiger partial charge in [0.2, 0.25) is 0 Å². The van der Waals surface area contributed by atoms with Crippen molar-refractivity contribution in [3.63, 3.8) is 0 Å². The predicted molar refractivity (Wildman–Crippen MR) is 51.1 cm³/mol. The molecule has 0 aliphatic carbocycles. The van der Waals surface area contributed by atoms with Gasteiger partial charge in [0, 0.05) is 6.08 Å². The highest BCUT2D eigenvalue weighted by Gasteiger charge is 2.23. The molecule has 0 aromatic heterocycles. The van der Waals surface area contributed by atoms with Crippen LogP contribution in [0, 0.1) is 10.1 Å². The van der Waals surface area contributed by atoms with E-state index in [1.807, 2.05) is 0 Å². The fourth-order valence-electron chi connectivity index (χ4n) is 0.958. The minimum absolute atomic E-state index is 0.211. The van der Waals surface area contributed by atoms with Crippen molar-refractivity contribution in [3.05, 3.63) is 53.1 Å². The highest BCUT2D eigenvalue weighted by molar-refractivity contribution is 5.98. The van der Waals surface area contributed by atoms with Gasteiger partial charge >= 0.3 is 5.91 Å². The van der Waals surface area contributed by atoms with E-state index in [2.05, 4.69) is 6.58 Å². The van der Waals surface area contributed by atoms with Crippen LogP contribution in [0.4, 0.5) is 5.69 Å². The molecule has 5 heteroatoms. The zero-order valence-electron chi connectivity index (χ0n) is 7.29. The van der Waals surface area contributed by atoms with Crippen LogP contribution in [0.25, 0.3) is 0 Å². The third kappa shape index (κ3) is 1.95. The number of hydrogen-bond acceptors (Lipinski definition) is 3. The van der Waals surface area contributed by atoms with Gasteiger partial charge in [-0.3, -0.25) is 4.79 Å². The molecule has 0 saturated heterocycles. The summed E-state index contributed by atoms with van der Waals surface area (Å²) in [6, 6.07) is 7.89. The molecule has 1 aromatic carbocycles. The molecule has 14 heavy (non-hydrogen) atoms. The summed E-state index contributed by atoms with van der Waals surface area (Å²) in [5, 5.41) is 10.2. The Hall–Kier alpha value is -2.17. The van der Waals surface area contributed by atoms with Crippen molar-refractivity contribution >= 4 is 11.6 Å². The molecule has 0 N–H and O–H groups in total. The zero-order valence-corrected chi connectivity index (χ0v) is 7.29. The number of hydrogen-bond donors (Lipinski definition) is 0. The van der Waals surface area contributed by atoms with Crippen molar-refractivity contribution in [1.82, 2.24) is 0 Å². The van der Waals surface area contributed by atoms with Gasteiger partial charge < -0.3 is 0 Å². The van der Waals surface area contributed by atoms with Crippen LogP contribution in [-0.4, -0.2) is 10.9 Å². The number of hydrazine groups is 1. The minimum atomic E-state index is -0.778. The molecule has 72 valence electrons. The fourth-order valence-corrected chi connectivity index (χ4v) is 0.958. The van der Waals surface area contributed by atoms with Crippen LogP contribution in [0.15, 0.2) is 43.0 Å². The van der Waals surface area contributed by atoms with Gasteiger partial charge in [0.25, 0.3) is 0 Å². The average molecular weight is 192 g/mol. The van der Waals surface area contributed by atoms with E-state index in [-0.39, 0.29) is 5.69 Å². The van der Waals surface area contributed by atoms with Gasteiger partial charge in [0.05, 0.1) is 0 Å². The molecule has 0 atom stereocenters. The van der Waals surface area contributed by atoms with Gasteiger partial charge in [0.1, 0.15) is 5.69 Å². The Balaban J connectivity index is 3.07. The first-order valence-corrected chi connectivity index (χ1v) is 3.82. The van der Waals surface area contributed by atoms with Crippen LogP contribution in [0.5, 0.6) is 0 Å². The molecule has 0 fully saturated rings. The summed E-state index contributed by atoms with van der Waals surface area (Å²) < 4.78 is 0. The van der Waals surface area contributed by atoms with Crippen molar-refractivity contribution in [3.8, 4) is 0 Å². The van der Waals surface area contributed by atoms with E-state index >= 15 is 0 Å². The van der Waals surface area contributed by atoms with E-state index in [0.29, 0.717) is 5.01 Å². The SMILES string of the molecule is C=CC(=O)N(c1ccccc1)[N+](=O)[O-]. The first kappa shape index (κ1) is 9.91. The number of carbonyl (C=O) groups is 1. The Morgan fingerprint density at radius 2 is 2.00 bits per heavy atom. The Morgan fingerprint density at radius 1 is 1.43 bits per heavy atom. The van der Waals surface area contributed by atoms with Crippen LogP contribution >= 0.6 is 0 Å². The second-order valence-electron chi connectivity index (χ2n) is 2.43. The summed E-state index contributed by atoms with van der Waals surface area (Å²) in [5.74, 6) is -0.763. The Labute approximate surface area is 80.4 Å². The van der Waals surface area contributed by atoms with Crippen molar-refractivity contribution in [2.24, 2.45) is 0 Å². The van der Waals surface area contributed by atoms with Crippen LogP contribution in [0.1, 0.15) is 0 Å². The minimum Gasteiger partial charge on any atom is -0.263 e. The lowest BCUT2D eigenvalue weighted by molar-refractivity contribution is -0.483. The van der Waals surface area contributed by atoms with Gasteiger partial charge in [-0.25, -0.2) is 10.1 Å². The van der Waals surface area contributed by atoms with Crippen LogP contribution in [-0.2, 0) is 4.79 Å². The number of nitrogens with zero attached hydrogens (tertiary/aromatic N) is 2. The lowest BCUT2D eigenvalue weighted by atomic mass is 10.3. The monoisotopic (exact) mass is 192 g/mol. The number of anilines is 1. The molecular weight excluding hydrogens is 184 g/mol. The van der Waals surface area contributed by atoms with Crippen LogP contribution in [0.2, 0.25) is 0 Å². The number of rotatable bonds is 3. The Kier molecular flexibility index (Phi) is 2.96. The quantitative estimate of drug-likeness (QED) is 0.413. The van der Waals surface area contributed by atoms with Crippen molar-refractivity contribution in [2.45, 2.75) is 0 Å². The largest absolute Gasteiger partial charge is 0.312 e. The number of benzene rings is 1. The van der Waals surface area contributed by atoms with Crippen molar-refractivity contribution < 1.29 is 9.83 Å². The second kappa shape index (κ2) is 4.18. The van der Waals surface area contributed by atoms with E-state index in [9.17, 15) is 14.9 Å². The highest BCUT2D eigenvalue weighted by Crippen LogP contribution is 2.13. The third-order valence-corrected chi connectivity index (χ3v) is 1.55. The number of nitro groups is 1. The highest BCUT2D eigenvalue weighted by atomic mass is 16.7. The van der Waals surface area contributed by atoms with Crippen molar-refractivity contribution in [2.75, 3.05) is 5.01 Å². The van der Waals surface area contributed by atoms with E-state index in [4.69, 9.17) is 0 Å². The van der Waals surface area contributed by atoms with Gasteiger partial charge in [-0.1, -0.05) is 24.8 Å². The summed E-state index contributed by atoms with van der Waals surface area (Å²) in [6.45, 7) is 3.19. The molecular formula is C9H8N2O3. The smallest absolute Gasteiger partial charge is 0.263 e. The van der Waals surface area contributed by atoms with E-state index in [1.165, 1.54) is 12.1 Å². The normalized spacial score (nSPS) is 9.14. The molecule has 0 radical (unpaired) electrons. The molecule has 5 nitrogen and oxygen atoms in total. The van der Waals surface area contributed by atoms with Gasteiger partial charge in [-0.15, -0.1) is 0 Å². The summed E-state index contributed by atoms with van der Waals surface area (Å²) in [5.41, 5.74) is 0.211. The number of para-hydroxylation sites is 1. The topological polar surface area (TPSA) is 63.5 Å². The van der Waals surface area contributed by atoms with Crippen LogP contribution in [0.3, 0.4) is 0 Å². The first-order chi connectivity index (χ1) is 6.66. The molecule has 0 heterocycles. The standard InChI is InChI=1S/C9H8N2O3/c1-2-9(12)10(11(13)14)8-6-4-3-5-7-8/h2-7H,1H2. The zero-order chi connectivity index (χ0) is 10.6. The average Bonchev–Trinajstić information content (AvgIpc) is 2.19. The summed E-state index contributed by atoms with van der Waals surface area (Å²) >= 11 is 0. The molecule has 0 saturated carbocycles. The summed E-state index contributed by atoms with van der Waals surface area (Å²) in [4.78, 5) is 21.7. The van der Waals surface area contributed by atoms with Gasteiger partial charge in [-0.2, -0.15) is 0 Å². The maximum atomic E-state index is 11.1. The Morgan fingerprint density at radius 3 is 2.43 bits per heavy atom. The maximum Gasteiger partial charge on any atom is 0.312 e. The van der Waals surface area contributed by atoms with Gasteiger partial charge in [-0.05, 0) is 17.1 Å². The lowest BCUT2D eigenvalue weighted by Crippen LogP contribution is -2.34. The van der Waals surface area contributed by atoms with Gasteiger partial charge in [0.15, 0.2) is 5.03 Å². The van der Waals surface area contributed by atoms with Crippen molar-refractivity contribution in [1.29, 1.82) is 0 Å². The van der Waals surface area contributed by atoms with E-state index < -0.39 is 10.9 Å². The number of amides is 1. The molecule has 0 spiro atoms. The van der Waals surface area contributed by atoms with E-state index in [1.54, 1.807) is 18.2 Å². The maximum absolute atomic E-state index is 11.1. The molecule has 0 unspecified atom stereocenters. The molecule has 1 aromatic rings. The molecule has 0 aliphatic heterocycles. The molecule has 1 rings (SSSR count). The summed E-state index contributed by atoms with van der Waals surface area (Å²) in [6.07, 6.45) is 0.899. The molecule has 0 aliphatic rings. The number of carbonyl (C=O) groups excluding carboxylic acids is 1. The first-order valence-electron chi connectivity index (χ1n) is 3.82. The fraction of sp³-hybridized carbons (Fsp3) is 0. The summed E-state index contributed by atoms with van der Waals surface area (Å²) in [7, 11) is 0. The molecule has 0 bridgehead atoms. The third-order valence-electron chi connectivity index (χ3n) is 1.55. The predicted octanol–water partition coefficient (Wildman–Crippen LogP) is 1.40. The van der Waals surface area contributed by atoms with Crippen LogP contribution < -0.4 is 5.01 Å². The lowest BCUT2D eigenvalue weighted by Gasteiger charge is -2.09. The Bertz CT molecular complexity index is 362.